The fourth-order valence-corrected chi connectivity index (χ4v) is 0.716. The summed E-state index contributed by atoms with van der Waals surface area (Å²) in [5, 5.41) is 0. The van der Waals surface area contributed by atoms with Crippen molar-refractivity contribution in [2.24, 2.45) is 0 Å². The predicted octanol–water partition coefficient (Wildman–Crippen LogP) is 1.43. The Kier molecular flexibility index (Phi) is 7.40. The molecule has 0 rings (SSSR count). The lowest BCUT2D eigenvalue weighted by Crippen LogP contribution is -2.12. The van der Waals surface area contributed by atoms with Crippen molar-refractivity contribution in [3.63, 3.8) is 0 Å². The molecule has 16 heavy (non-hydrogen) atoms. The average Bonchev–Trinajstić information content (AvgIpc) is 2.28. The monoisotopic (exact) mass is 226 g/mol. The largest absolute Gasteiger partial charge is 0.508 e. The molecular formula is C11H14O5. The first kappa shape index (κ1) is 14.1. The summed E-state index contributed by atoms with van der Waals surface area (Å²) in [5.41, 5.74) is 0. The molecule has 0 spiro atoms. The van der Waals surface area contributed by atoms with Crippen LogP contribution in [0.15, 0.2) is 25.3 Å². The summed E-state index contributed by atoms with van der Waals surface area (Å²) in [4.78, 5) is 32.3. The summed E-state index contributed by atoms with van der Waals surface area (Å²) < 4.78 is 9.13. The fourth-order valence-electron chi connectivity index (χ4n) is 0.716. The zero-order chi connectivity index (χ0) is 12.4. The molecule has 0 aliphatic rings. The van der Waals surface area contributed by atoms with Gasteiger partial charge in [0.25, 0.3) is 0 Å². The molecule has 0 amide bonds. The van der Waals surface area contributed by atoms with Gasteiger partial charge in [-0.2, -0.15) is 0 Å². The van der Waals surface area contributed by atoms with Gasteiger partial charge in [-0.1, -0.05) is 13.2 Å². The Bertz CT molecular complexity index is 265. The maximum atomic E-state index is 10.9. The highest BCUT2D eigenvalue weighted by Crippen LogP contribution is 1.93. The van der Waals surface area contributed by atoms with Gasteiger partial charge in [-0.25, -0.2) is 4.79 Å². The maximum absolute atomic E-state index is 10.9. The molecule has 5 nitrogen and oxygen atoms in total. The van der Waals surface area contributed by atoms with E-state index in [1.54, 1.807) is 0 Å². The van der Waals surface area contributed by atoms with Crippen molar-refractivity contribution < 1.29 is 23.9 Å². The summed E-state index contributed by atoms with van der Waals surface area (Å²) in [6.07, 6.45) is 1.55. The van der Waals surface area contributed by atoms with E-state index in [0.717, 1.165) is 12.2 Å². The van der Waals surface area contributed by atoms with Gasteiger partial charge in [0.2, 0.25) is 0 Å². The van der Waals surface area contributed by atoms with Crippen molar-refractivity contribution in [2.45, 2.75) is 12.8 Å². The highest BCUT2D eigenvalue weighted by atomic mass is 16.7. The molecule has 0 N–H and O–H groups in total. The predicted molar refractivity (Wildman–Crippen MR) is 56.9 cm³/mol. The van der Waals surface area contributed by atoms with Crippen LogP contribution in [0.1, 0.15) is 12.8 Å². The highest BCUT2D eigenvalue weighted by molar-refractivity contribution is 5.89. The lowest BCUT2D eigenvalue weighted by Gasteiger charge is -2.03. The van der Waals surface area contributed by atoms with Gasteiger partial charge in [-0.3, -0.25) is 9.59 Å². The van der Waals surface area contributed by atoms with E-state index in [-0.39, 0.29) is 37.6 Å². The normalized spacial score (nSPS) is 9.00. The summed E-state index contributed by atoms with van der Waals surface area (Å²) in [5.74, 6) is -0.427. The molecule has 5 heteroatoms. The van der Waals surface area contributed by atoms with Crippen LogP contribution < -0.4 is 0 Å². The Morgan fingerprint density at radius 3 is 1.56 bits per heavy atom. The quantitative estimate of drug-likeness (QED) is 0.462. The van der Waals surface area contributed by atoms with E-state index in [1.807, 2.05) is 0 Å². The second-order valence-corrected chi connectivity index (χ2v) is 2.79. The lowest BCUT2D eigenvalue weighted by molar-refractivity contribution is -0.115. The molecule has 0 aromatic carbocycles. The molecule has 0 fully saturated rings. The van der Waals surface area contributed by atoms with E-state index < -0.39 is 6.16 Å². The zero-order valence-electron chi connectivity index (χ0n) is 8.94. The van der Waals surface area contributed by atoms with Crippen molar-refractivity contribution in [3.05, 3.63) is 25.3 Å². The third kappa shape index (κ3) is 7.49. The van der Waals surface area contributed by atoms with E-state index in [0.29, 0.717) is 0 Å². The molecule has 0 aromatic heterocycles. The molecule has 88 valence electrons. The van der Waals surface area contributed by atoms with Crippen LogP contribution in [0.25, 0.3) is 0 Å². The minimum Gasteiger partial charge on any atom is -0.434 e. The number of carbonyl (C=O) groups is 3. The third-order valence-electron chi connectivity index (χ3n) is 1.59. The number of hydrogen-bond donors (Lipinski definition) is 0. The van der Waals surface area contributed by atoms with Crippen LogP contribution in [0.2, 0.25) is 0 Å². The average molecular weight is 226 g/mol. The number of ether oxygens (including phenoxy) is 2. The fraction of sp³-hybridized carbons (Fsp3) is 0.364. The van der Waals surface area contributed by atoms with Gasteiger partial charge in [0.05, 0.1) is 0 Å². The Morgan fingerprint density at radius 2 is 1.25 bits per heavy atom. The SMILES string of the molecule is C=CC(=O)CCOC(=O)OCCC(=O)C=C. The van der Waals surface area contributed by atoms with Gasteiger partial charge in [-0.05, 0) is 12.2 Å². The summed E-state index contributed by atoms with van der Waals surface area (Å²) in [6.45, 7) is 6.42. The first-order valence-corrected chi connectivity index (χ1v) is 4.70. The van der Waals surface area contributed by atoms with Crippen LogP contribution in [-0.2, 0) is 19.1 Å². The zero-order valence-corrected chi connectivity index (χ0v) is 8.94. The highest BCUT2D eigenvalue weighted by Gasteiger charge is 2.05. The molecule has 0 radical (unpaired) electrons. The maximum Gasteiger partial charge on any atom is 0.508 e. The van der Waals surface area contributed by atoms with Crippen LogP contribution in [0.5, 0.6) is 0 Å². The van der Waals surface area contributed by atoms with Crippen LogP contribution >= 0.6 is 0 Å². The molecule has 0 saturated heterocycles. The third-order valence-corrected chi connectivity index (χ3v) is 1.59. The molecule has 0 atom stereocenters. The first-order chi connectivity index (χ1) is 7.60. The van der Waals surface area contributed by atoms with Gasteiger partial charge in [0, 0.05) is 12.8 Å². The van der Waals surface area contributed by atoms with Crippen LogP contribution in [0.4, 0.5) is 4.79 Å². The summed E-state index contributed by atoms with van der Waals surface area (Å²) in [7, 11) is 0. The molecule has 0 bridgehead atoms. The standard InChI is InChI=1S/C11H14O5/c1-3-9(12)5-7-15-11(14)16-8-6-10(13)4-2/h3-4H,1-2,5-8H2. The molecule has 0 aliphatic heterocycles. The van der Waals surface area contributed by atoms with Gasteiger partial charge in [-0.15, -0.1) is 0 Å². The van der Waals surface area contributed by atoms with E-state index in [2.05, 4.69) is 22.6 Å². The Hall–Kier alpha value is -1.91. The topological polar surface area (TPSA) is 69.7 Å². The number of hydrogen-bond acceptors (Lipinski definition) is 5. The lowest BCUT2D eigenvalue weighted by atomic mass is 10.3. The summed E-state index contributed by atoms with van der Waals surface area (Å²) in [6, 6.07) is 0. The second-order valence-electron chi connectivity index (χ2n) is 2.79. The van der Waals surface area contributed by atoms with Crippen LogP contribution in [0.3, 0.4) is 0 Å². The molecule has 0 aliphatic carbocycles. The van der Waals surface area contributed by atoms with E-state index >= 15 is 0 Å². The number of rotatable bonds is 8. The van der Waals surface area contributed by atoms with E-state index in [9.17, 15) is 14.4 Å². The first-order valence-electron chi connectivity index (χ1n) is 4.70. The van der Waals surface area contributed by atoms with Crippen LogP contribution in [-0.4, -0.2) is 30.9 Å². The number of allylic oxidation sites excluding steroid dienone is 2. The van der Waals surface area contributed by atoms with E-state index in [4.69, 9.17) is 0 Å². The van der Waals surface area contributed by atoms with Gasteiger partial charge < -0.3 is 9.47 Å². The Balaban J connectivity index is 3.52. The molecule has 0 saturated carbocycles. The number of carbonyl (C=O) groups excluding carboxylic acids is 3. The van der Waals surface area contributed by atoms with Crippen molar-refractivity contribution in [2.75, 3.05) is 13.2 Å². The Morgan fingerprint density at radius 1 is 0.875 bits per heavy atom. The van der Waals surface area contributed by atoms with Gasteiger partial charge in [0.1, 0.15) is 13.2 Å². The van der Waals surface area contributed by atoms with Crippen molar-refractivity contribution in [3.8, 4) is 0 Å². The molecule has 0 heterocycles. The molecule has 0 aromatic rings. The van der Waals surface area contributed by atoms with Crippen molar-refractivity contribution in [1.82, 2.24) is 0 Å². The van der Waals surface area contributed by atoms with E-state index in [1.165, 1.54) is 0 Å². The minimum atomic E-state index is -0.895. The molecule has 0 unspecified atom stereocenters. The Labute approximate surface area is 93.7 Å². The van der Waals surface area contributed by atoms with Gasteiger partial charge >= 0.3 is 6.16 Å². The van der Waals surface area contributed by atoms with Crippen LogP contribution in [0, 0.1) is 0 Å². The summed E-state index contributed by atoms with van der Waals surface area (Å²) >= 11 is 0. The molecular weight excluding hydrogens is 212 g/mol. The smallest absolute Gasteiger partial charge is 0.434 e. The minimum absolute atomic E-state index is 0.0565. The van der Waals surface area contributed by atoms with Crippen molar-refractivity contribution in [1.29, 1.82) is 0 Å². The van der Waals surface area contributed by atoms with Gasteiger partial charge in [0.15, 0.2) is 11.6 Å². The van der Waals surface area contributed by atoms with Crippen molar-refractivity contribution >= 4 is 17.7 Å². The number of ketones is 2. The second kappa shape index (κ2) is 8.40.